The zero-order chi connectivity index (χ0) is 11.5. The molecule has 0 bridgehead atoms. The Morgan fingerprint density at radius 2 is 2.06 bits per heavy atom. The maximum atomic E-state index is 5.89. The van der Waals surface area contributed by atoms with Crippen LogP contribution in [0.3, 0.4) is 0 Å². The smallest absolute Gasteiger partial charge is 0.222 e. The Morgan fingerprint density at radius 1 is 1.25 bits per heavy atom. The fourth-order valence-corrected chi connectivity index (χ4v) is 2.48. The van der Waals surface area contributed by atoms with Crippen LogP contribution in [0.2, 0.25) is 0 Å². The molecule has 4 nitrogen and oxygen atoms in total. The van der Waals surface area contributed by atoms with Gasteiger partial charge in [0.15, 0.2) is 0 Å². The minimum Gasteiger partial charge on any atom is -0.383 e. The predicted octanol–water partition coefficient (Wildman–Crippen LogP) is 2.30. The highest BCUT2D eigenvalue weighted by atomic mass is 32.2. The van der Waals surface area contributed by atoms with Crippen molar-refractivity contribution in [3.05, 3.63) is 18.2 Å². The van der Waals surface area contributed by atoms with E-state index in [1.54, 1.807) is 11.8 Å². The Hall–Kier alpha value is -1.49. The highest BCUT2D eigenvalue weighted by molar-refractivity contribution is 7.99. The molecule has 0 fully saturated rings. The summed E-state index contributed by atoms with van der Waals surface area (Å²) in [6.07, 6.45) is 1.12. The predicted molar refractivity (Wildman–Crippen MR) is 69.4 cm³/mol. The van der Waals surface area contributed by atoms with Crippen molar-refractivity contribution in [2.24, 2.45) is 0 Å². The van der Waals surface area contributed by atoms with Crippen LogP contribution in [0.5, 0.6) is 0 Å². The van der Waals surface area contributed by atoms with Gasteiger partial charge in [-0.25, -0.2) is 4.98 Å². The first kappa shape index (κ1) is 11.0. The lowest BCUT2D eigenvalue weighted by Crippen LogP contribution is -2.01. The Balaban J connectivity index is 2.57. The number of nitrogen functional groups attached to an aromatic ring is 2. The molecule has 0 aliphatic heterocycles. The van der Waals surface area contributed by atoms with Gasteiger partial charge in [0.25, 0.3) is 0 Å². The van der Waals surface area contributed by atoms with Crippen LogP contribution in [0.15, 0.2) is 23.1 Å². The van der Waals surface area contributed by atoms with E-state index in [0.717, 1.165) is 28.0 Å². The van der Waals surface area contributed by atoms with Gasteiger partial charge in [0.2, 0.25) is 5.95 Å². The van der Waals surface area contributed by atoms with Gasteiger partial charge in [-0.3, -0.25) is 0 Å². The molecule has 4 N–H and O–H groups in total. The van der Waals surface area contributed by atoms with Crippen LogP contribution < -0.4 is 11.5 Å². The summed E-state index contributed by atoms with van der Waals surface area (Å²) in [4.78, 5) is 9.30. The van der Waals surface area contributed by atoms with E-state index in [-0.39, 0.29) is 5.95 Å². The molecule has 2 aromatic rings. The van der Waals surface area contributed by atoms with Gasteiger partial charge in [0.1, 0.15) is 5.82 Å². The molecule has 0 aliphatic rings. The topological polar surface area (TPSA) is 77.8 Å². The van der Waals surface area contributed by atoms with Gasteiger partial charge in [0, 0.05) is 4.90 Å². The zero-order valence-corrected chi connectivity index (χ0v) is 9.92. The van der Waals surface area contributed by atoms with Crippen LogP contribution in [0, 0.1) is 0 Å². The molecule has 0 spiro atoms. The van der Waals surface area contributed by atoms with Gasteiger partial charge in [-0.15, -0.1) is 11.8 Å². The van der Waals surface area contributed by atoms with Gasteiger partial charge in [-0.1, -0.05) is 13.0 Å². The van der Waals surface area contributed by atoms with Gasteiger partial charge in [0.05, 0.1) is 10.9 Å². The molecule has 1 aromatic carbocycles. The summed E-state index contributed by atoms with van der Waals surface area (Å²) in [5.41, 5.74) is 12.3. The quantitative estimate of drug-likeness (QED) is 0.797. The number of thioether (sulfide) groups is 1. The van der Waals surface area contributed by atoms with Crippen molar-refractivity contribution in [3.63, 3.8) is 0 Å². The van der Waals surface area contributed by atoms with E-state index in [2.05, 4.69) is 16.9 Å². The summed E-state index contributed by atoms with van der Waals surface area (Å²) in [6, 6.07) is 5.91. The molecule has 84 valence electrons. The molecule has 0 saturated heterocycles. The first-order chi connectivity index (χ1) is 7.72. The zero-order valence-electron chi connectivity index (χ0n) is 9.10. The van der Waals surface area contributed by atoms with Crippen LogP contribution in [-0.2, 0) is 0 Å². The number of fused-ring (bicyclic) bond motifs is 1. The van der Waals surface area contributed by atoms with Gasteiger partial charge < -0.3 is 11.5 Å². The number of nitrogens with two attached hydrogens (primary N) is 2. The molecule has 0 atom stereocenters. The van der Waals surface area contributed by atoms with Gasteiger partial charge >= 0.3 is 0 Å². The van der Waals surface area contributed by atoms with Crippen molar-refractivity contribution in [2.45, 2.75) is 18.2 Å². The Morgan fingerprint density at radius 3 is 2.81 bits per heavy atom. The molecule has 5 heteroatoms. The van der Waals surface area contributed by atoms with Gasteiger partial charge in [-0.2, -0.15) is 4.98 Å². The second-order valence-electron chi connectivity index (χ2n) is 3.47. The second-order valence-corrected chi connectivity index (χ2v) is 4.60. The maximum absolute atomic E-state index is 5.89. The van der Waals surface area contributed by atoms with Crippen molar-refractivity contribution < 1.29 is 0 Å². The molecular formula is C11H14N4S. The third-order valence-corrected chi connectivity index (χ3v) is 3.46. The van der Waals surface area contributed by atoms with E-state index in [1.807, 2.05) is 18.2 Å². The highest BCUT2D eigenvalue weighted by Gasteiger charge is 2.08. The molecule has 0 radical (unpaired) electrons. The number of anilines is 2. The molecule has 0 amide bonds. The third-order valence-electron chi connectivity index (χ3n) is 2.19. The number of hydrogen-bond donors (Lipinski definition) is 2. The fraction of sp³-hybridized carbons (Fsp3) is 0.273. The maximum Gasteiger partial charge on any atom is 0.222 e. The summed E-state index contributed by atoms with van der Waals surface area (Å²) in [6.45, 7) is 2.15. The first-order valence-electron chi connectivity index (χ1n) is 5.17. The van der Waals surface area contributed by atoms with E-state index in [4.69, 9.17) is 11.5 Å². The molecule has 1 heterocycles. The van der Waals surface area contributed by atoms with E-state index >= 15 is 0 Å². The third kappa shape index (κ3) is 2.04. The lowest BCUT2D eigenvalue weighted by molar-refractivity contribution is 1.10. The lowest BCUT2D eigenvalue weighted by atomic mass is 10.2. The largest absolute Gasteiger partial charge is 0.383 e. The van der Waals surface area contributed by atoms with Crippen molar-refractivity contribution >= 4 is 34.4 Å². The van der Waals surface area contributed by atoms with E-state index < -0.39 is 0 Å². The van der Waals surface area contributed by atoms with Crippen LogP contribution in [0.25, 0.3) is 10.9 Å². The Kier molecular flexibility index (Phi) is 3.14. The van der Waals surface area contributed by atoms with Crippen molar-refractivity contribution in [2.75, 3.05) is 17.2 Å². The van der Waals surface area contributed by atoms with Crippen LogP contribution in [0.1, 0.15) is 13.3 Å². The minimum atomic E-state index is 0.225. The summed E-state index contributed by atoms with van der Waals surface area (Å²) in [5, 5.41) is 0.912. The summed E-state index contributed by atoms with van der Waals surface area (Å²) in [5.74, 6) is 1.74. The first-order valence-corrected chi connectivity index (χ1v) is 6.15. The van der Waals surface area contributed by atoms with Crippen molar-refractivity contribution in [1.82, 2.24) is 9.97 Å². The number of hydrogen-bond acceptors (Lipinski definition) is 5. The average Bonchev–Trinajstić information content (AvgIpc) is 2.25. The average molecular weight is 234 g/mol. The number of rotatable bonds is 3. The molecule has 2 rings (SSSR count). The highest BCUT2D eigenvalue weighted by Crippen LogP contribution is 2.30. The molecule has 1 aromatic heterocycles. The van der Waals surface area contributed by atoms with Crippen LogP contribution in [-0.4, -0.2) is 15.7 Å². The van der Waals surface area contributed by atoms with Crippen LogP contribution in [0.4, 0.5) is 11.8 Å². The Bertz CT molecular complexity index is 513. The fourth-order valence-electron chi connectivity index (χ4n) is 1.53. The monoisotopic (exact) mass is 234 g/mol. The SMILES string of the molecule is CCCSc1cccc2nc(N)nc(N)c12. The van der Waals surface area contributed by atoms with E-state index in [1.165, 1.54) is 0 Å². The lowest BCUT2D eigenvalue weighted by Gasteiger charge is -2.07. The standard InChI is InChI=1S/C11H14N4S/c1-2-6-16-8-5-3-4-7-9(8)10(12)15-11(13)14-7/h3-5H,2,6H2,1H3,(H4,12,13,14,15). The number of aromatic nitrogens is 2. The summed E-state index contributed by atoms with van der Waals surface area (Å²) >= 11 is 1.77. The van der Waals surface area contributed by atoms with Crippen molar-refractivity contribution in [1.29, 1.82) is 0 Å². The minimum absolute atomic E-state index is 0.225. The summed E-state index contributed by atoms with van der Waals surface area (Å²) in [7, 11) is 0. The summed E-state index contributed by atoms with van der Waals surface area (Å²) < 4.78 is 0. The second kappa shape index (κ2) is 4.57. The van der Waals surface area contributed by atoms with Crippen LogP contribution >= 0.6 is 11.8 Å². The van der Waals surface area contributed by atoms with Crippen molar-refractivity contribution in [3.8, 4) is 0 Å². The number of nitrogens with zero attached hydrogens (tertiary/aromatic N) is 2. The van der Waals surface area contributed by atoms with Gasteiger partial charge in [-0.05, 0) is 24.3 Å². The Labute approximate surface area is 98.5 Å². The van der Waals surface area contributed by atoms with E-state index in [9.17, 15) is 0 Å². The molecule has 16 heavy (non-hydrogen) atoms. The normalized spacial score (nSPS) is 10.8. The number of benzene rings is 1. The molecule has 0 aliphatic carbocycles. The molecular weight excluding hydrogens is 220 g/mol. The molecule has 0 unspecified atom stereocenters. The molecule has 0 saturated carbocycles. The van der Waals surface area contributed by atoms with E-state index in [0.29, 0.717) is 5.82 Å².